The van der Waals surface area contributed by atoms with E-state index in [4.69, 9.17) is 18.9 Å². The smallest absolute Gasteiger partial charge is 0.408 e. The molecule has 15 heteroatoms. The van der Waals surface area contributed by atoms with Gasteiger partial charge in [0.2, 0.25) is 17.7 Å². The van der Waals surface area contributed by atoms with Crippen molar-refractivity contribution in [2.45, 2.75) is 102 Å². The molecule has 6 atom stereocenters. The number of esters is 1. The van der Waals surface area contributed by atoms with Crippen molar-refractivity contribution in [3.05, 3.63) is 68.6 Å². The van der Waals surface area contributed by atoms with Crippen LogP contribution in [0.3, 0.4) is 0 Å². The van der Waals surface area contributed by atoms with E-state index in [1.165, 1.54) is 7.11 Å². The third kappa shape index (κ3) is 9.78. The Kier molecular flexibility index (Phi) is 13.8. The monoisotopic (exact) mass is 864 g/mol. The molecular formula is C38H50Br2N4O9. The maximum atomic E-state index is 14.6. The zero-order valence-corrected chi connectivity index (χ0v) is 34.5. The molecule has 0 radical (unpaired) electrons. The summed E-state index contributed by atoms with van der Waals surface area (Å²) in [6, 6.07) is 12.1. The van der Waals surface area contributed by atoms with Gasteiger partial charge in [0.1, 0.15) is 29.9 Å². The molecular weight excluding hydrogens is 816 g/mol. The summed E-state index contributed by atoms with van der Waals surface area (Å²) in [6.07, 6.45) is -2.54. The van der Waals surface area contributed by atoms with Gasteiger partial charge in [-0.05, 0) is 68.0 Å². The highest BCUT2D eigenvalue weighted by Gasteiger charge is 2.56. The third-order valence-corrected chi connectivity index (χ3v) is 10.4. The standard InChI is InChI=1S/C38H50Br2N4O9/c1-21(2)27(41-34(48)38(44-35(49)53-36(5,6)7)18-20-52-30(38)24-11-15-26(40)16-12-24)31(45)43-37(33(47)42-28(22(3)4)32(46)50-8)17-19-51-29(37)23-9-13-25(39)14-10-23/h9-16,21-22,27-30H,17-20H2,1-8H3,(H,41,48)(H,42,47)(H,43,45)(H,44,49)/t27-,28-,29+,30+,37-,38-/m1/s1. The minimum atomic E-state index is -1.69. The van der Waals surface area contributed by atoms with Gasteiger partial charge in [-0.25, -0.2) is 9.59 Å². The van der Waals surface area contributed by atoms with Crippen LogP contribution in [0, 0.1) is 11.8 Å². The first-order valence-corrected chi connectivity index (χ1v) is 19.2. The predicted octanol–water partition coefficient (Wildman–Crippen LogP) is 5.41. The summed E-state index contributed by atoms with van der Waals surface area (Å²) < 4.78 is 24.4. The number of amides is 4. The Balaban J connectivity index is 1.72. The van der Waals surface area contributed by atoms with Crippen molar-refractivity contribution in [2.75, 3.05) is 20.3 Å². The van der Waals surface area contributed by atoms with Gasteiger partial charge in [0.15, 0.2) is 11.1 Å². The highest BCUT2D eigenvalue weighted by molar-refractivity contribution is 9.10. The molecule has 0 aliphatic carbocycles. The first kappa shape index (κ1) is 42.2. The molecule has 2 saturated heterocycles. The Hall–Kier alpha value is -3.53. The minimum Gasteiger partial charge on any atom is -0.467 e. The van der Waals surface area contributed by atoms with E-state index in [-0.39, 0.29) is 32.0 Å². The summed E-state index contributed by atoms with van der Waals surface area (Å²) in [7, 11) is 1.24. The molecule has 2 aromatic carbocycles. The zero-order chi connectivity index (χ0) is 39.3. The molecule has 4 N–H and O–H groups in total. The maximum Gasteiger partial charge on any atom is 0.408 e. The van der Waals surface area contributed by atoms with Crippen molar-refractivity contribution in [3.63, 3.8) is 0 Å². The lowest BCUT2D eigenvalue weighted by atomic mass is 9.83. The molecule has 53 heavy (non-hydrogen) atoms. The van der Waals surface area contributed by atoms with Gasteiger partial charge in [0.05, 0.1) is 20.3 Å². The molecule has 0 bridgehead atoms. The van der Waals surface area contributed by atoms with Crippen LogP contribution >= 0.6 is 31.9 Å². The summed E-state index contributed by atoms with van der Waals surface area (Å²) >= 11 is 6.87. The number of carbonyl (C=O) groups excluding carboxylic acids is 5. The lowest BCUT2D eigenvalue weighted by Crippen LogP contribution is -2.68. The fourth-order valence-electron chi connectivity index (χ4n) is 6.58. The van der Waals surface area contributed by atoms with Gasteiger partial charge >= 0.3 is 12.1 Å². The van der Waals surface area contributed by atoms with E-state index in [1.54, 1.807) is 97.0 Å². The number of hydrogen-bond acceptors (Lipinski definition) is 9. The average molecular weight is 867 g/mol. The summed E-state index contributed by atoms with van der Waals surface area (Å²) in [4.78, 5) is 69.6. The Bertz CT molecular complexity index is 1650. The molecule has 2 heterocycles. The number of nitrogens with one attached hydrogen (secondary N) is 4. The van der Waals surface area contributed by atoms with E-state index in [9.17, 15) is 24.0 Å². The molecule has 290 valence electrons. The zero-order valence-electron chi connectivity index (χ0n) is 31.3. The van der Waals surface area contributed by atoms with Crippen LogP contribution in [0.2, 0.25) is 0 Å². The first-order chi connectivity index (χ1) is 24.8. The van der Waals surface area contributed by atoms with Crippen LogP contribution < -0.4 is 21.3 Å². The van der Waals surface area contributed by atoms with Crippen molar-refractivity contribution in [1.82, 2.24) is 21.3 Å². The second kappa shape index (κ2) is 17.3. The maximum absolute atomic E-state index is 14.6. The molecule has 0 spiro atoms. The van der Waals surface area contributed by atoms with Crippen LogP contribution in [-0.4, -0.2) is 78.9 Å². The van der Waals surface area contributed by atoms with E-state index >= 15 is 0 Å². The SMILES string of the molecule is COC(=O)[C@H](NC(=O)[C@@]1(NC(=O)[C@H](NC(=O)[C@@]2(NC(=O)OC(C)(C)C)CCO[C@H]2c2ccc(Br)cc2)C(C)C)CCO[C@H]1c1ccc(Br)cc1)C(C)C. The largest absolute Gasteiger partial charge is 0.467 e. The molecule has 2 aliphatic rings. The van der Waals surface area contributed by atoms with Gasteiger partial charge in [0.25, 0.3) is 0 Å². The lowest BCUT2D eigenvalue weighted by Gasteiger charge is -2.38. The molecule has 0 aromatic heterocycles. The van der Waals surface area contributed by atoms with Crippen LogP contribution in [-0.2, 0) is 38.1 Å². The molecule has 4 amide bonds. The Labute approximate surface area is 327 Å². The van der Waals surface area contributed by atoms with Gasteiger partial charge in [-0.15, -0.1) is 0 Å². The quantitative estimate of drug-likeness (QED) is 0.204. The van der Waals surface area contributed by atoms with Crippen molar-refractivity contribution >= 4 is 61.6 Å². The van der Waals surface area contributed by atoms with Crippen molar-refractivity contribution < 1.29 is 42.9 Å². The van der Waals surface area contributed by atoms with Crippen molar-refractivity contribution in [3.8, 4) is 0 Å². The van der Waals surface area contributed by atoms with Gasteiger partial charge in [-0.1, -0.05) is 83.8 Å². The molecule has 4 rings (SSSR count). The third-order valence-electron chi connectivity index (χ3n) is 9.33. The number of alkyl carbamates (subject to hydrolysis) is 1. The first-order valence-electron chi connectivity index (χ1n) is 17.6. The predicted molar refractivity (Wildman–Crippen MR) is 203 cm³/mol. The highest BCUT2D eigenvalue weighted by atomic mass is 79.9. The van der Waals surface area contributed by atoms with Crippen LogP contribution in [0.5, 0.6) is 0 Å². The van der Waals surface area contributed by atoms with Crippen molar-refractivity contribution in [1.29, 1.82) is 0 Å². The fourth-order valence-corrected chi connectivity index (χ4v) is 7.11. The van der Waals surface area contributed by atoms with Crippen LogP contribution in [0.25, 0.3) is 0 Å². The molecule has 13 nitrogen and oxygen atoms in total. The fraction of sp³-hybridized carbons (Fsp3) is 0.553. The normalized spacial score (nSPS) is 23.9. The van der Waals surface area contributed by atoms with Crippen LogP contribution in [0.4, 0.5) is 4.79 Å². The number of rotatable bonds is 12. The van der Waals surface area contributed by atoms with Gasteiger partial charge in [0, 0.05) is 21.8 Å². The number of hydrogen-bond donors (Lipinski definition) is 4. The molecule has 2 aliphatic heterocycles. The molecule has 0 unspecified atom stereocenters. The molecule has 2 fully saturated rings. The lowest BCUT2D eigenvalue weighted by molar-refractivity contribution is -0.148. The van der Waals surface area contributed by atoms with Crippen molar-refractivity contribution in [2.24, 2.45) is 11.8 Å². The Morgan fingerprint density at radius 3 is 1.53 bits per heavy atom. The number of halogens is 2. The topological polar surface area (TPSA) is 170 Å². The Morgan fingerprint density at radius 2 is 1.13 bits per heavy atom. The summed E-state index contributed by atoms with van der Waals surface area (Å²) in [5.41, 5.74) is -2.97. The second-order valence-electron chi connectivity index (χ2n) is 15.1. The number of carbonyl (C=O) groups is 5. The molecule has 0 saturated carbocycles. The van der Waals surface area contributed by atoms with E-state index in [2.05, 4.69) is 53.1 Å². The number of benzene rings is 2. The number of ether oxygens (including phenoxy) is 4. The van der Waals surface area contributed by atoms with E-state index in [1.807, 2.05) is 0 Å². The highest BCUT2D eigenvalue weighted by Crippen LogP contribution is 2.41. The Morgan fingerprint density at radius 1 is 0.717 bits per heavy atom. The average Bonchev–Trinajstić information content (AvgIpc) is 3.70. The minimum absolute atomic E-state index is 0.0691. The second-order valence-corrected chi connectivity index (χ2v) is 16.9. The van der Waals surface area contributed by atoms with Gasteiger partial charge in [-0.3, -0.25) is 14.4 Å². The van der Waals surface area contributed by atoms with E-state index in [0.717, 1.165) is 8.95 Å². The summed E-state index contributed by atoms with van der Waals surface area (Å²) in [5.74, 6) is -3.44. The van der Waals surface area contributed by atoms with Gasteiger partial charge < -0.3 is 40.2 Å². The van der Waals surface area contributed by atoms with E-state index < -0.39 is 76.7 Å². The number of methoxy groups -OCH3 is 1. The van der Waals surface area contributed by atoms with E-state index in [0.29, 0.717) is 11.1 Å². The molecule has 2 aromatic rings. The van der Waals surface area contributed by atoms with Crippen LogP contribution in [0.1, 0.15) is 84.6 Å². The summed E-state index contributed by atoms with van der Waals surface area (Å²) in [5, 5.41) is 11.5. The van der Waals surface area contributed by atoms with Gasteiger partial charge in [-0.2, -0.15) is 0 Å². The van der Waals surface area contributed by atoms with Crippen LogP contribution in [0.15, 0.2) is 57.5 Å². The summed E-state index contributed by atoms with van der Waals surface area (Å²) in [6.45, 7) is 12.4.